The highest BCUT2D eigenvalue weighted by atomic mass is 16.5. The number of hydrogen-bond acceptors (Lipinski definition) is 3. The van der Waals surface area contributed by atoms with Crippen molar-refractivity contribution in [1.82, 2.24) is 5.32 Å². The van der Waals surface area contributed by atoms with Crippen molar-refractivity contribution in [3.05, 3.63) is 29.8 Å². The third-order valence-corrected chi connectivity index (χ3v) is 3.22. The van der Waals surface area contributed by atoms with E-state index in [9.17, 15) is 9.59 Å². The van der Waals surface area contributed by atoms with E-state index in [1.807, 2.05) is 31.2 Å². The molecule has 0 radical (unpaired) electrons. The van der Waals surface area contributed by atoms with Crippen molar-refractivity contribution in [3.8, 4) is 0 Å². The molecule has 1 aromatic rings. The number of benzene rings is 1. The molecule has 1 heterocycles. The predicted octanol–water partition coefficient (Wildman–Crippen LogP) is 0.727. The number of carbonyl (C=O) groups excluding carboxylic acids is 2. The van der Waals surface area contributed by atoms with Crippen LogP contribution in [0.1, 0.15) is 12.5 Å². The van der Waals surface area contributed by atoms with Gasteiger partial charge in [-0.25, -0.2) is 0 Å². The standard InChI is InChI=1S/C14H18N2O3/c1-3-19-9-13(17)16-11-7-5-4-6-10(11)8-12(16)14(18)15-2/h4-7,12H,3,8-9H2,1-2H3,(H,15,18). The molecule has 2 rings (SSSR count). The quantitative estimate of drug-likeness (QED) is 0.870. The summed E-state index contributed by atoms with van der Waals surface area (Å²) in [7, 11) is 1.58. The molecular weight excluding hydrogens is 244 g/mol. The van der Waals surface area contributed by atoms with Crippen LogP contribution in [-0.2, 0) is 20.7 Å². The third-order valence-electron chi connectivity index (χ3n) is 3.22. The van der Waals surface area contributed by atoms with E-state index in [2.05, 4.69) is 5.32 Å². The van der Waals surface area contributed by atoms with Gasteiger partial charge in [0.2, 0.25) is 5.91 Å². The summed E-state index contributed by atoms with van der Waals surface area (Å²) in [5, 5.41) is 2.61. The van der Waals surface area contributed by atoms with Gasteiger partial charge in [-0.15, -0.1) is 0 Å². The van der Waals surface area contributed by atoms with E-state index in [4.69, 9.17) is 4.74 Å². The molecule has 1 aliphatic rings. The molecule has 1 aliphatic heterocycles. The molecule has 0 aliphatic carbocycles. The van der Waals surface area contributed by atoms with Crippen LogP contribution in [0.5, 0.6) is 0 Å². The smallest absolute Gasteiger partial charge is 0.253 e. The third kappa shape index (κ3) is 2.61. The van der Waals surface area contributed by atoms with Crippen molar-refractivity contribution >= 4 is 17.5 Å². The highest BCUT2D eigenvalue weighted by molar-refractivity contribution is 6.03. The zero-order valence-corrected chi connectivity index (χ0v) is 11.2. The Morgan fingerprint density at radius 1 is 1.42 bits per heavy atom. The first kappa shape index (κ1) is 13.5. The molecular formula is C14H18N2O3. The molecule has 0 saturated carbocycles. The van der Waals surface area contributed by atoms with Gasteiger partial charge in [0.25, 0.3) is 5.91 Å². The van der Waals surface area contributed by atoms with Crippen LogP contribution in [0.15, 0.2) is 24.3 Å². The summed E-state index contributed by atoms with van der Waals surface area (Å²) in [5.74, 6) is -0.332. The minimum absolute atomic E-state index is 0.00166. The van der Waals surface area contributed by atoms with Crippen LogP contribution < -0.4 is 10.2 Å². The molecule has 0 saturated heterocycles. The Kier molecular flexibility index (Phi) is 4.16. The first-order valence-electron chi connectivity index (χ1n) is 6.38. The molecule has 1 atom stereocenters. The van der Waals surface area contributed by atoms with Gasteiger partial charge < -0.3 is 10.1 Å². The first-order chi connectivity index (χ1) is 9.19. The van der Waals surface area contributed by atoms with Crippen LogP contribution in [0.3, 0.4) is 0 Å². The summed E-state index contributed by atoms with van der Waals surface area (Å²) in [6.45, 7) is 2.31. The Morgan fingerprint density at radius 3 is 2.84 bits per heavy atom. The molecule has 2 amide bonds. The molecule has 0 fully saturated rings. The molecule has 102 valence electrons. The summed E-state index contributed by atoms with van der Waals surface area (Å²) >= 11 is 0. The molecule has 5 nitrogen and oxygen atoms in total. The van der Waals surface area contributed by atoms with Crippen molar-refractivity contribution in [1.29, 1.82) is 0 Å². The number of nitrogens with zero attached hydrogens (tertiary/aromatic N) is 1. The van der Waals surface area contributed by atoms with E-state index in [-0.39, 0.29) is 18.4 Å². The van der Waals surface area contributed by atoms with E-state index >= 15 is 0 Å². The Hall–Kier alpha value is -1.88. The predicted molar refractivity (Wildman–Crippen MR) is 72.0 cm³/mol. The number of ether oxygens (including phenoxy) is 1. The van der Waals surface area contributed by atoms with Gasteiger partial charge in [0.1, 0.15) is 12.6 Å². The van der Waals surface area contributed by atoms with Crippen LogP contribution >= 0.6 is 0 Å². The van der Waals surface area contributed by atoms with Crippen LogP contribution in [0.2, 0.25) is 0 Å². The normalized spacial score (nSPS) is 17.2. The zero-order valence-electron chi connectivity index (χ0n) is 11.2. The van der Waals surface area contributed by atoms with Crippen molar-refractivity contribution in [3.63, 3.8) is 0 Å². The van der Waals surface area contributed by atoms with Gasteiger partial charge in [-0.2, -0.15) is 0 Å². The van der Waals surface area contributed by atoms with E-state index in [0.717, 1.165) is 11.3 Å². The van der Waals surface area contributed by atoms with E-state index in [1.165, 1.54) is 0 Å². The molecule has 0 aromatic heterocycles. The summed E-state index contributed by atoms with van der Waals surface area (Å²) < 4.78 is 5.16. The summed E-state index contributed by atoms with van der Waals surface area (Å²) in [6, 6.07) is 7.11. The lowest BCUT2D eigenvalue weighted by Crippen LogP contribution is -2.48. The maximum atomic E-state index is 12.2. The first-order valence-corrected chi connectivity index (χ1v) is 6.38. The molecule has 1 N–H and O–H groups in total. The van der Waals surface area contributed by atoms with Gasteiger partial charge in [0, 0.05) is 25.8 Å². The number of fused-ring (bicyclic) bond motifs is 1. The lowest BCUT2D eigenvalue weighted by Gasteiger charge is -2.24. The lowest BCUT2D eigenvalue weighted by atomic mass is 10.1. The maximum absolute atomic E-state index is 12.2. The van der Waals surface area contributed by atoms with Gasteiger partial charge in [-0.1, -0.05) is 18.2 Å². The number of anilines is 1. The number of nitrogens with one attached hydrogen (secondary N) is 1. The number of carbonyl (C=O) groups is 2. The summed E-state index contributed by atoms with van der Waals surface area (Å²) in [6.07, 6.45) is 0.549. The molecule has 1 aromatic carbocycles. The maximum Gasteiger partial charge on any atom is 0.253 e. The van der Waals surface area contributed by atoms with Gasteiger partial charge >= 0.3 is 0 Å². The molecule has 0 spiro atoms. The van der Waals surface area contributed by atoms with Gasteiger partial charge in [-0.05, 0) is 18.6 Å². The highest BCUT2D eigenvalue weighted by Crippen LogP contribution is 2.32. The minimum atomic E-state index is -0.477. The largest absolute Gasteiger partial charge is 0.372 e. The summed E-state index contributed by atoms with van der Waals surface area (Å²) in [4.78, 5) is 25.7. The second kappa shape index (κ2) is 5.84. The van der Waals surface area contributed by atoms with Crippen molar-refractivity contribution in [2.45, 2.75) is 19.4 Å². The lowest BCUT2D eigenvalue weighted by molar-refractivity contribution is -0.128. The SMILES string of the molecule is CCOCC(=O)N1c2ccccc2CC1C(=O)NC. The average molecular weight is 262 g/mol. The fourth-order valence-electron chi connectivity index (χ4n) is 2.33. The summed E-state index contributed by atoms with van der Waals surface area (Å²) in [5.41, 5.74) is 1.82. The van der Waals surface area contributed by atoms with Crippen LogP contribution in [-0.4, -0.2) is 38.1 Å². The molecule has 5 heteroatoms. The number of rotatable bonds is 4. The average Bonchev–Trinajstić information content (AvgIpc) is 2.83. The topological polar surface area (TPSA) is 58.6 Å². The van der Waals surface area contributed by atoms with Gasteiger partial charge in [-0.3, -0.25) is 14.5 Å². The number of likely N-dealkylation sites (N-methyl/N-ethyl adjacent to an activating group) is 1. The molecule has 19 heavy (non-hydrogen) atoms. The van der Waals surface area contributed by atoms with E-state index < -0.39 is 6.04 Å². The fourth-order valence-corrected chi connectivity index (χ4v) is 2.33. The fraction of sp³-hybridized carbons (Fsp3) is 0.429. The zero-order chi connectivity index (χ0) is 13.8. The highest BCUT2D eigenvalue weighted by Gasteiger charge is 2.37. The van der Waals surface area contributed by atoms with E-state index in [1.54, 1.807) is 11.9 Å². The van der Waals surface area contributed by atoms with Crippen molar-refractivity contribution in [2.24, 2.45) is 0 Å². The Morgan fingerprint density at radius 2 is 2.16 bits per heavy atom. The van der Waals surface area contributed by atoms with Gasteiger partial charge in [0.15, 0.2) is 0 Å². The second-order valence-corrected chi connectivity index (χ2v) is 4.36. The second-order valence-electron chi connectivity index (χ2n) is 4.36. The Bertz CT molecular complexity index is 487. The monoisotopic (exact) mass is 262 g/mol. The number of amides is 2. The van der Waals surface area contributed by atoms with Crippen molar-refractivity contribution < 1.29 is 14.3 Å². The molecule has 0 bridgehead atoms. The van der Waals surface area contributed by atoms with E-state index in [0.29, 0.717) is 13.0 Å². The number of para-hydroxylation sites is 1. The van der Waals surface area contributed by atoms with Crippen LogP contribution in [0.4, 0.5) is 5.69 Å². The van der Waals surface area contributed by atoms with Crippen LogP contribution in [0.25, 0.3) is 0 Å². The Labute approximate surface area is 112 Å². The van der Waals surface area contributed by atoms with Crippen molar-refractivity contribution in [2.75, 3.05) is 25.2 Å². The number of hydrogen-bond donors (Lipinski definition) is 1. The Balaban J connectivity index is 2.28. The minimum Gasteiger partial charge on any atom is -0.372 e. The molecule has 1 unspecified atom stereocenters. The van der Waals surface area contributed by atoms with Crippen LogP contribution in [0, 0.1) is 0 Å². The van der Waals surface area contributed by atoms with Gasteiger partial charge in [0.05, 0.1) is 0 Å².